The first-order valence-corrected chi connectivity index (χ1v) is 16.2. The fraction of sp³-hybridized carbons (Fsp3) is 0. The van der Waals surface area contributed by atoms with Crippen LogP contribution in [0.15, 0.2) is 174 Å². The van der Waals surface area contributed by atoms with Crippen LogP contribution in [0.1, 0.15) is 0 Å². The van der Waals surface area contributed by atoms with Crippen LogP contribution < -0.4 is 0 Å². The molecule has 0 radical (unpaired) electrons. The molecule has 0 aliphatic carbocycles. The van der Waals surface area contributed by atoms with Gasteiger partial charge in [-0.2, -0.15) is 0 Å². The van der Waals surface area contributed by atoms with Gasteiger partial charge in [0.15, 0.2) is 0 Å². The normalized spacial score (nSPS) is 11.8. The van der Waals surface area contributed by atoms with Crippen molar-refractivity contribution < 1.29 is 4.42 Å². The first-order valence-electron chi connectivity index (χ1n) is 16.2. The summed E-state index contributed by atoms with van der Waals surface area (Å²) in [5.74, 6) is 0. The lowest BCUT2D eigenvalue weighted by Gasteiger charge is -2.20. The lowest BCUT2D eigenvalue weighted by Crippen LogP contribution is -1.93. The van der Waals surface area contributed by atoms with Crippen molar-refractivity contribution >= 4 is 65.0 Å². The average Bonchev–Trinajstić information content (AvgIpc) is 3.50. The Morgan fingerprint density at radius 1 is 0.298 bits per heavy atom. The molecule has 9 aromatic carbocycles. The van der Waals surface area contributed by atoms with Gasteiger partial charge in [0.2, 0.25) is 0 Å². The number of furan rings is 1. The van der Waals surface area contributed by atoms with E-state index in [1.165, 1.54) is 76.5 Å². The first kappa shape index (κ1) is 26.1. The SMILES string of the molecule is c1ccc(-c2ccc3c(-c4cccc5oc6cc7ccccc7cc6c45)c4ccccc4c(-c4cccc5ccccc45)c3c2)cc1. The van der Waals surface area contributed by atoms with E-state index in [1.807, 2.05) is 0 Å². The van der Waals surface area contributed by atoms with Crippen LogP contribution in [0.2, 0.25) is 0 Å². The number of hydrogen-bond acceptors (Lipinski definition) is 1. The quantitative estimate of drug-likeness (QED) is 0.185. The minimum atomic E-state index is 0.907. The second kappa shape index (κ2) is 10.2. The molecule has 0 aliphatic heterocycles. The van der Waals surface area contributed by atoms with Gasteiger partial charge >= 0.3 is 0 Å². The Hall–Kier alpha value is -6.18. The Morgan fingerprint density at radius 3 is 1.70 bits per heavy atom. The summed E-state index contributed by atoms with van der Waals surface area (Å²) < 4.78 is 6.57. The lowest BCUT2D eigenvalue weighted by molar-refractivity contribution is 0.669. The molecule has 1 aromatic heterocycles. The van der Waals surface area contributed by atoms with Crippen molar-refractivity contribution in [3.05, 3.63) is 170 Å². The van der Waals surface area contributed by atoms with Crippen molar-refractivity contribution in [3.8, 4) is 33.4 Å². The fourth-order valence-electron chi connectivity index (χ4n) is 7.73. The van der Waals surface area contributed by atoms with Gasteiger partial charge in [0.25, 0.3) is 0 Å². The van der Waals surface area contributed by atoms with Crippen molar-refractivity contribution in [2.45, 2.75) is 0 Å². The molecule has 47 heavy (non-hydrogen) atoms. The van der Waals surface area contributed by atoms with Crippen LogP contribution in [0.5, 0.6) is 0 Å². The van der Waals surface area contributed by atoms with E-state index in [2.05, 4.69) is 170 Å². The fourth-order valence-corrected chi connectivity index (χ4v) is 7.73. The van der Waals surface area contributed by atoms with Crippen molar-refractivity contribution in [2.24, 2.45) is 0 Å². The Balaban J connectivity index is 1.39. The molecular weight excluding hydrogens is 569 g/mol. The van der Waals surface area contributed by atoms with Crippen molar-refractivity contribution in [3.63, 3.8) is 0 Å². The summed E-state index contributed by atoms with van der Waals surface area (Å²) in [6.45, 7) is 0. The molecule has 0 N–H and O–H groups in total. The molecule has 10 aromatic rings. The number of benzene rings is 9. The molecule has 0 saturated carbocycles. The summed E-state index contributed by atoms with van der Waals surface area (Å²) in [6, 6.07) is 61.6. The van der Waals surface area contributed by atoms with E-state index >= 15 is 0 Å². The van der Waals surface area contributed by atoms with Gasteiger partial charge in [-0.15, -0.1) is 0 Å². The molecule has 1 heterocycles. The summed E-state index contributed by atoms with van der Waals surface area (Å²) in [4.78, 5) is 0. The van der Waals surface area contributed by atoms with Crippen LogP contribution in [-0.4, -0.2) is 0 Å². The molecular formula is C46H28O. The highest BCUT2D eigenvalue weighted by Gasteiger charge is 2.21. The van der Waals surface area contributed by atoms with Crippen molar-refractivity contribution in [2.75, 3.05) is 0 Å². The third kappa shape index (κ3) is 3.97. The van der Waals surface area contributed by atoms with Crippen LogP contribution in [0, 0.1) is 0 Å². The van der Waals surface area contributed by atoms with Crippen LogP contribution in [-0.2, 0) is 0 Å². The summed E-state index contributed by atoms with van der Waals surface area (Å²) in [5, 5.41) is 12.2. The molecule has 1 heteroatoms. The topological polar surface area (TPSA) is 13.1 Å². The highest BCUT2D eigenvalue weighted by Crippen LogP contribution is 2.48. The second-order valence-corrected chi connectivity index (χ2v) is 12.4. The summed E-state index contributed by atoms with van der Waals surface area (Å²) in [5.41, 5.74) is 9.18. The highest BCUT2D eigenvalue weighted by molar-refractivity contribution is 6.27. The predicted molar refractivity (Wildman–Crippen MR) is 200 cm³/mol. The third-order valence-corrected chi connectivity index (χ3v) is 9.82. The predicted octanol–water partition coefficient (Wildman–Crippen LogP) is 13.2. The molecule has 0 spiro atoms. The number of hydrogen-bond donors (Lipinski definition) is 0. The first-order chi connectivity index (χ1) is 23.3. The summed E-state index contributed by atoms with van der Waals surface area (Å²) >= 11 is 0. The van der Waals surface area contributed by atoms with Gasteiger partial charge in [-0.05, 0) is 101 Å². The van der Waals surface area contributed by atoms with E-state index in [4.69, 9.17) is 4.42 Å². The third-order valence-electron chi connectivity index (χ3n) is 9.82. The van der Waals surface area contributed by atoms with E-state index in [-0.39, 0.29) is 0 Å². The minimum absolute atomic E-state index is 0.907. The average molecular weight is 597 g/mol. The second-order valence-electron chi connectivity index (χ2n) is 12.4. The van der Waals surface area contributed by atoms with E-state index < -0.39 is 0 Å². The van der Waals surface area contributed by atoms with E-state index in [1.54, 1.807) is 0 Å². The lowest BCUT2D eigenvalue weighted by atomic mass is 9.83. The van der Waals surface area contributed by atoms with Crippen LogP contribution >= 0.6 is 0 Å². The molecule has 0 amide bonds. The molecule has 10 rings (SSSR count). The van der Waals surface area contributed by atoms with Crippen LogP contribution in [0.3, 0.4) is 0 Å². The summed E-state index contributed by atoms with van der Waals surface area (Å²) in [6.07, 6.45) is 0. The maximum Gasteiger partial charge on any atom is 0.136 e. The van der Waals surface area contributed by atoms with Crippen molar-refractivity contribution in [1.29, 1.82) is 0 Å². The molecule has 218 valence electrons. The Kier molecular flexibility index (Phi) is 5.64. The monoisotopic (exact) mass is 596 g/mol. The van der Waals surface area contributed by atoms with Gasteiger partial charge in [0.1, 0.15) is 11.2 Å². The molecule has 0 unspecified atom stereocenters. The molecule has 0 fully saturated rings. The zero-order valence-corrected chi connectivity index (χ0v) is 25.6. The van der Waals surface area contributed by atoms with Gasteiger partial charge < -0.3 is 4.42 Å². The number of rotatable bonds is 3. The Labute approximate surface area is 271 Å². The maximum atomic E-state index is 6.57. The molecule has 0 atom stereocenters. The van der Waals surface area contributed by atoms with Gasteiger partial charge in [-0.1, -0.05) is 146 Å². The highest BCUT2D eigenvalue weighted by atomic mass is 16.3. The molecule has 0 aliphatic rings. The zero-order valence-electron chi connectivity index (χ0n) is 25.6. The number of fused-ring (bicyclic) bond motifs is 7. The van der Waals surface area contributed by atoms with Crippen LogP contribution in [0.25, 0.3) is 98.4 Å². The Morgan fingerprint density at radius 2 is 0.894 bits per heavy atom. The van der Waals surface area contributed by atoms with E-state index in [9.17, 15) is 0 Å². The van der Waals surface area contributed by atoms with Gasteiger partial charge in [0.05, 0.1) is 0 Å². The minimum Gasteiger partial charge on any atom is -0.456 e. The molecule has 1 nitrogen and oxygen atoms in total. The van der Waals surface area contributed by atoms with Gasteiger partial charge in [-0.25, -0.2) is 0 Å². The zero-order chi connectivity index (χ0) is 30.9. The smallest absolute Gasteiger partial charge is 0.136 e. The van der Waals surface area contributed by atoms with Gasteiger partial charge in [-0.3, -0.25) is 0 Å². The molecule has 0 saturated heterocycles. The largest absolute Gasteiger partial charge is 0.456 e. The van der Waals surface area contributed by atoms with Crippen molar-refractivity contribution in [1.82, 2.24) is 0 Å². The maximum absolute atomic E-state index is 6.57. The molecule has 0 bridgehead atoms. The van der Waals surface area contributed by atoms with Crippen LogP contribution in [0.4, 0.5) is 0 Å². The summed E-state index contributed by atoms with van der Waals surface area (Å²) in [7, 11) is 0. The van der Waals surface area contributed by atoms with E-state index in [0.29, 0.717) is 0 Å². The Bertz CT molecular complexity index is 2830. The van der Waals surface area contributed by atoms with Gasteiger partial charge in [0, 0.05) is 10.8 Å². The standard InChI is InChI=1S/C46H28O/c1-2-12-29(13-3-1)33-24-25-38-40(26-33)45(35-21-10-17-30-14-6-7-18-34(30)35)37-20-9-8-19-36(37)44(38)39-22-11-23-42-46(39)41-27-31-15-4-5-16-32(31)28-43(41)47-42/h1-28H. The van der Waals surface area contributed by atoms with E-state index in [0.717, 1.165) is 21.9 Å².